The summed E-state index contributed by atoms with van der Waals surface area (Å²) in [5, 5.41) is 10.1. The number of pyridine rings is 1. The van der Waals surface area contributed by atoms with Gasteiger partial charge in [-0.1, -0.05) is 37.1 Å². The number of thioether (sulfide) groups is 1. The molecule has 7 heteroatoms. The van der Waals surface area contributed by atoms with Crippen molar-refractivity contribution in [2.45, 2.75) is 75.0 Å². The van der Waals surface area contributed by atoms with E-state index in [4.69, 9.17) is 4.74 Å². The molecule has 1 saturated heterocycles. The second-order valence-electron chi connectivity index (χ2n) is 8.45. The molecule has 2 aromatic rings. The minimum Gasteiger partial charge on any atom is -0.376 e. The van der Waals surface area contributed by atoms with E-state index in [1.807, 2.05) is 18.3 Å². The van der Waals surface area contributed by atoms with Gasteiger partial charge in [0, 0.05) is 25.1 Å². The summed E-state index contributed by atoms with van der Waals surface area (Å²) in [6.45, 7) is 3.73. The highest BCUT2D eigenvalue weighted by molar-refractivity contribution is 7.98. The third-order valence-electron chi connectivity index (χ3n) is 5.98. The third kappa shape index (κ3) is 6.03. The molecular weight excluding hydrogens is 382 g/mol. The average Bonchev–Trinajstić information content (AvgIpc) is 3.39. The predicted molar refractivity (Wildman–Crippen MR) is 116 cm³/mol. The molecule has 0 aromatic carbocycles. The van der Waals surface area contributed by atoms with Crippen molar-refractivity contribution in [3.8, 4) is 0 Å². The summed E-state index contributed by atoms with van der Waals surface area (Å²) in [6, 6.07) is 6.05. The lowest BCUT2D eigenvalue weighted by atomic mass is 9.89. The zero-order valence-electron chi connectivity index (χ0n) is 17.5. The molecule has 0 unspecified atom stereocenters. The van der Waals surface area contributed by atoms with Gasteiger partial charge in [-0.25, -0.2) is 0 Å². The summed E-state index contributed by atoms with van der Waals surface area (Å²) in [4.78, 5) is 6.87. The zero-order valence-corrected chi connectivity index (χ0v) is 18.3. The molecule has 3 heterocycles. The first-order valence-corrected chi connectivity index (χ1v) is 12.0. The maximum atomic E-state index is 5.91. The molecule has 1 saturated carbocycles. The molecule has 2 fully saturated rings. The third-order valence-corrected chi connectivity index (χ3v) is 6.99. The molecule has 1 atom stereocenters. The molecule has 1 aliphatic heterocycles. The first kappa shape index (κ1) is 20.8. The molecule has 6 nitrogen and oxygen atoms in total. The summed E-state index contributed by atoms with van der Waals surface area (Å²) < 4.78 is 8.21. The summed E-state index contributed by atoms with van der Waals surface area (Å²) in [7, 11) is 2.22. The monoisotopic (exact) mass is 415 g/mol. The molecule has 1 aliphatic carbocycles. The SMILES string of the molecule is CN(Cc1nnc(SCc2ccccn2)n1C[C@@H]1CCCO1)CC1CCCCC1. The lowest BCUT2D eigenvalue weighted by molar-refractivity contribution is 0.0932. The number of rotatable bonds is 9. The van der Waals surface area contributed by atoms with Gasteiger partial charge in [0.2, 0.25) is 0 Å². The van der Waals surface area contributed by atoms with Crippen molar-refractivity contribution in [3.63, 3.8) is 0 Å². The van der Waals surface area contributed by atoms with Crippen LogP contribution >= 0.6 is 11.8 Å². The minimum absolute atomic E-state index is 0.280. The fourth-order valence-corrected chi connectivity index (χ4v) is 5.34. The molecule has 0 bridgehead atoms. The van der Waals surface area contributed by atoms with Crippen LogP contribution in [0.4, 0.5) is 0 Å². The molecule has 0 amide bonds. The molecular formula is C22H33N5OS. The van der Waals surface area contributed by atoms with Crippen molar-refractivity contribution < 1.29 is 4.74 Å². The van der Waals surface area contributed by atoms with Gasteiger partial charge in [0.1, 0.15) is 5.82 Å². The van der Waals surface area contributed by atoms with E-state index in [-0.39, 0.29) is 6.10 Å². The topological polar surface area (TPSA) is 56.1 Å². The molecule has 158 valence electrons. The Morgan fingerprint density at radius 1 is 1.14 bits per heavy atom. The van der Waals surface area contributed by atoms with Gasteiger partial charge in [-0.15, -0.1) is 10.2 Å². The van der Waals surface area contributed by atoms with Gasteiger partial charge < -0.3 is 9.30 Å². The largest absolute Gasteiger partial charge is 0.376 e. The summed E-state index contributed by atoms with van der Waals surface area (Å²) in [5.74, 6) is 2.70. The Labute approximate surface area is 178 Å². The van der Waals surface area contributed by atoms with Crippen molar-refractivity contribution >= 4 is 11.8 Å². The molecule has 29 heavy (non-hydrogen) atoms. The van der Waals surface area contributed by atoms with Gasteiger partial charge in [0.05, 0.1) is 24.9 Å². The second kappa shape index (κ2) is 10.5. The lowest BCUT2D eigenvalue weighted by Crippen LogP contribution is -2.28. The first-order chi connectivity index (χ1) is 14.3. The molecule has 4 rings (SSSR count). The Hall–Kier alpha value is -1.44. The van der Waals surface area contributed by atoms with Crippen LogP contribution in [0.25, 0.3) is 0 Å². The predicted octanol–water partition coefficient (Wildman–Crippen LogP) is 4.16. The zero-order chi connectivity index (χ0) is 19.9. The lowest BCUT2D eigenvalue weighted by Gasteiger charge is -2.27. The normalized spacial score (nSPS) is 20.6. The summed E-state index contributed by atoms with van der Waals surface area (Å²) in [6.07, 6.45) is 11.3. The van der Waals surface area contributed by atoms with E-state index in [2.05, 4.69) is 37.8 Å². The van der Waals surface area contributed by atoms with Gasteiger partial charge in [0.15, 0.2) is 5.16 Å². The fourth-order valence-electron chi connectivity index (χ4n) is 4.46. The number of hydrogen-bond donors (Lipinski definition) is 0. The van der Waals surface area contributed by atoms with Crippen LogP contribution in [0.1, 0.15) is 56.5 Å². The second-order valence-corrected chi connectivity index (χ2v) is 9.40. The maximum Gasteiger partial charge on any atom is 0.191 e. The minimum atomic E-state index is 0.280. The van der Waals surface area contributed by atoms with E-state index in [0.29, 0.717) is 0 Å². The number of aromatic nitrogens is 4. The van der Waals surface area contributed by atoms with Crippen LogP contribution in [-0.4, -0.2) is 51.0 Å². The highest BCUT2D eigenvalue weighted by atomic mass is 32.2. The Bertz CT molecular complexity index is 741. The molecule has 2 aromatic heterocycles. The van der Waals surface area contributed by atoms with E-state index in [1.165, 1.54) is 32.1 Å². The van der Waals surface area contributed by atoms with Crippen LogP contribution in [0.2, 0.25) is 0 Å². The van der Waals surface area contributed by atoms with E-state index >= 15 is 0 Å². The maximum absolute atomic E-state index is 5.91. The number of ether oxygens (including phenoxy) is 1. The summed E-state index contributed by atoms with van der Waals surface area (Å²) >= 11 is 1.72. The summed E-state index contributed by atoms with van der Waals surface area (Å²) in [5.41, 5.74) is 1.07. The standard InChI is InChI=1S/C22H33N5OS/c1-26(14-18-8-3-2-4-9-18)16-21-24-25-22(27(21)15-20-11-7-13-28-20)29-17-19-10-5-6-12-23-19/h5-6,10,12,18,20H,2-4,7-9,11,13-17H2,1H3/t20-/m0/s1. The highest BCUT2D eigenvalue weighted by Gasteiger charge is 2.23. The Kier molecular flexibility index (Phi) is 7.57. The Balaban J connectivity index is 1.42. The average molecular weight is 416 g/mol. The molecule has 2 aliphatic rings. The van der Waals surface area contributed by atoms with E-state index in [1.54, 1.807) is 11.8 Å². The first-order valence-electron chi connectivity index (χ1n) is 11.0. The van der Waals surface area contributed by atoms with Crippen LogP contribution in [0.5, 0.6) is 0 Å². The van der Waals surface area contributed by atoms with Gasteiger partial charge in [-0.2, -0.15) is 0 Å². The number of hydrogen-bond acceptors (Lipinski definition) is 6. The van der Waals surface area contributed by atoms with Crippen LogP contribution < -0.4 is 0 Å². The van der Waals surface area contributed by atoms with Gasteiger partial charge in [0.25, 0.3) is 0 Å². The number of nitrogens with zero attached hydrogens (tertiary/aromatic N) is 5. The molecule has 0 spiro atoms. The van der Waals surface area contributed by atoms with Crippen molar-refractivity contribution in [2.24, 2.45) is 5.92 Å². The van der Waals surface area contributed by atoms with Gasteiger partial charge in [-0.3, -0.25) is 9.88 Å². The van der Waals surface area contributed by atoms with Crippen molar-refractivity contribution in [3.05, 3.63) is 35.9 Å². The van der Waals surface area contributed by atoms with Crippen molar-refractivity contribution in [1.29, 1.82) is 0 Å². The van der Waals surface area contributed by atoms with E-state index < -0.39 is 0 Å². The van der Waals surface area contributed by atoms with E-state index in [9.17, 15) is 0 Å². The smallest absolute Gasteiger partial charge is 0.191 e. The van der Waals surface area contributed by atoms with Gasteiger partial charge in [-0.05, 0) is 50.8 Å². The quantitative estimate of drug-likeness (QED) is 0.573. The Morgan fingerprint density at radius 2 is 2.03 bits per heavy atom. The van der Waals surface area contributed by atoms with Crippen molar-refractivity contribution in [2.75, 3.05) is 20.2 Å². The van der Waals surface area contributed by atoms with Gasteiger partial charge >= 0.3 is 0 Å². The van der Waals surface area contributed by atoms with Crippen LogP contribution in [0.3, 0.4) is 0 Å². The van der Waals surface area contributed by atoms with E-state index in [0.717, 1.165) is 67.4 Å². The van der Waals surface area contributed by atoms with Crippen LogP contribution in [0, 0.1) is 5.92 Å². The fraction of sp³-hybridized carbons (Fsp3) is 0.682. The van der Waals surface area contributed by atoms with Crippen LogP contribution in [0.15, 0.2) is 29.6 Å². The molecule has 0 radical (unpaired) electrons. The molecule has 0 N–H and O–H groups in total. The van der Waals surface area contributed by atoms with Crippen LogP contribution in [-0.2, 0) is 23.6 Å². The van der Waals surface area contributed by atoms with Crippen molar-refractivity contribution in [1.82, 2.24) is 24.6 Å². The Morgan fingerprint density at radius 3 is 2.79 bits per heavy atom. The highest BCUT2D eigenvalue weighted by Crippen LogP contribution is 2.26.